The molecule has 0 spiro atoms. The third-order valence-electron chi connectivity index (χ3n) is 3.78. The van der Waals surface area contributed by atoms with Gasteiger partial charge in [0.25, 0.3) is 0 Å². The van der Waals surface area contributed by atoms with Crippen LogP contribution >= 0.6 is 22.6 Å². The topological polar surface area (TPSA) is 72.5 Å². The molecule has 2 aromatic carbocycles. The summed E-state index contributed by atoms with van der Waals surface area (Å²) in [6.45, 7) is 0.204. The van der Waals surface area contributed by atoms with Crippen LogP contribution < -0.4 is 23.7 Å². The SMILES string of the molecule is COc1cc(COC(=O)c2cc3c(cc2I)OCO3)cc(OC)c1OC. The Morgan fingerprint density at radius 1 is 1.00 bits per heavy atom. The predicted molar refractivity (Wildman–Crippen MR) is 100 cm³/mol. The van der Waals surface area contributed by atoms with Gasteiger partial charge in [0.2, 0.25) is 12.5 Å². The van der Waals surface area contributed by atoms with Crippen LogP contribution in [-0.2, 0) is 11.3 Å². The molecule has 0 saturated heterocycles. The minimum Gasteiger partial charge on any atom is -0.493 e. The normalized spacial score (nSPS) is 11.8. The Labute approximate surface area is 164 Å². The molecule has 7 nitrogen and oxygen atoms in total. The van der Waals surface area contributed by atoms with Crippen molar-refractivity contribution in [2.24, 2.45) is 0 Å². The summed E-state index contributed by atoms with van der Waals surface area (Å²) >= 11 is 2.06. The van der Waals surface area contributed by atoms with E-state index in [1.54, 1.807) is 24.3 Å². The molecule has 26 heavy (non-hydrogen) atoms. The third-order valence-corrected chi connectivity index (χ3v) is 4.67. The second kappa shape index (κ2) is 7.90. The summed E-state index contributed by atoms with van der Waals surface area (Å²) < 4.78 is 32.7. The molecule has 138 valence electrons. The minimum atomic E-state index is -0.457. The van der Waals surface area contributed by atoms with Crippen LogP contribution in [0.25, 0.3) is 0 Å². The minimum absolute atomic E-state index is 0.0556. The van der Waals surface area contributed by atoms with Gasteiger partial charge in [0.15, 0.2) is 23.0 Å². The monoisotopic (exact) mass is 472 g/mol. The van der Waals surface area contributed by atoms with Crippen molar-refractivity contribution in [3.05, 3.63) is 39.0 Å². The maximum atomic E-state index is 12.5. The fourth-order valence-electron chi connectivity index (χ4n) is 2.52. The van der Waals surface area contributed by atoms with E-state index < -0.39 is 5.97 Å². The van der Waals surface area contributed by atoms with Gasteiger partial charge in [-0.25, -0.2) is 4.79 Å². The van der Waals surface area contributed by atoms with Gasteiger partial charge in [-0.1, -0.05) is 0 Å². The molecule has 0 fully saturated rings. The zero-order valence-electron chi connectivity index (χ0n) is 14.5. The molecule has 1 heterocycles. The Bertz CT molecular complexity index is 810. The summed E-state index contributed by atoms with van der Waals surface area (Å²) in [5.41, 5.74) is 1.13. The molecule has 0 bridgehead atoms. The number of benzene rings is 2. The van der Waals surface area contributed by atoms with Crippen LogP contribution in [0.3, 0.4) is 0 Å². The predicted octanol–water partition coefficient (Wildman–Crippen LogP) is 3.40. The quantitative estimate of drug-likeness (QED) is 0.472. The number of fused-ring (bicyclic) bond motifs is 1. The van der Waals surface area contributed by atoms with E-state index in [1.807, 2.05) is 0 Å². The van der Waals surface area contributed by atoms with Crippen molar-refractivity contribution < 1.29 is 33.2 Å². The first-order chi connectivity index (χ1) is 12.6. The Hall–Kier alpha value is -2.36. The van der Waals surface area contributed by atoms with Crippen molar-refractivity contribution in [1.82, 2.24) is 0 Å². The van der Waals surface area contributed by atoms with Gasteiger partial charge < -0.3 is 28.4 Å². The second-order valence-electron chi connectivity index (χ2n) is 5.30. The summed E-state index contributed by atoms with van der Waals surface area (Å²) in [5, 5.41) is 0. The number of rotatable bonds is 6. The second-order valence-corrected chi connectivity index (χ2v) is 6.46. The lowest BCUT2D eigenvalue weighted by molar-refractivity contribution is 0.0470. The average Bonchev–Trinajstić information content (AvgIpc) is 3.11. The molecule has 1 aliphatic rings. The molecule has 0 atom stereocenters. The first-order valence-electron chi connectivity index (χ1n) is 7.62. The van der Waals surface area contributed by atoms with Crippen LogP contribution in [0.2, 0.25) is 0 Å². The first-order valence-corrected chi connectivity index (χ1v) is 8.70. The Morgan fingerprint density at radius 3 is 2.19 bits per heavy atom. The zero-order chi connectivity index (χ0) is 18.7. The Morgan fingerprint density at radius 2 is 1.62 bits per heavy atom. The average molecular weight is 472 g/mol. The smallest absolute Gasteiger partial charge is 0.339 e. The highest BCUT2D eigenvalue weighted by Gasteiger charge is 2.21. The van der Waals surface area contributed by atoms with Crippen LogP contribution in [0.1, 0.15) is 15.9 Å². The molecule has 0 unspecified atom stereocenters. The number of halogens is 1. The molecule has 1 aliphatic heterocycles. The van der Waals surface area contributed by atoms with Crippen LogP contribution in [0, 0.1) is 3.57 Å². The number of esters is 1. The standard InChI is InChI=1S/C18H17IO7/c1-21-15-4-10(5-16(22-2)17(15)23-3)8-24-18(20)11-6-13-14(7-12(11)19)26-9-25-13/h4-7H,8-9H2,1-3H3. The maximum absolute atomic E-state index is 12.5. The van der Waals surface area contributed by atoms with Gasteiger partial charge in [-0.3, -0.25) is 0 Å². The molecule has 8 heteroatoms. The number of hydrogen-bond donors (Lipinski definition) is 0. The van der Waals surface area contributed by atoms with Crippen molar-refractivity contribution >= 4 is 28.6 Å². The highest BCUT2D eigenvalue weighted by atomic mass is 127. The number of ether oxygens (including phenoxy) is 6. The molecular weight excluding hydrogens is 455 g/mol. The van der Waals surface area contributed by atoms with Gasteiger partial charge in [-0.15, -0.1) is 0 Å². The summed E-state index contributed by atoms with van der Waals surface area (Å²) in [6, 6.07) is 6.85. The van der Waals surface area contributed by atoms with Gasteiger partial charge in [0, 0.05) is 3.57 Å². The number of carbonyl (C=O) groups excluding carboxylic acids is 1. The van der Waals surface area contributed by atoms with Gasteiger partial charge in [0.1, 0.15) is 6.61 Å². The van der Waals surface area contributed by atoms with E-state index in [0.29, 0.717) is 39.9 Å². The van der Waals surface area contributed by atoms with E-state index in [9.17, 15) is 4.79 Å². The molecule has 0 amide bonds. The van der Waals surface area contributed by atoms with Crippen molar-refractivity contribution in [2.75, 3.05) is 28.1 Å². The largest absolute Gasteiger partial charge is 0.493 e. The van der Waals surface area contributed by atoms with Crippen LogP contribution in [-0.4, -0.2) is 34.1 Å². The van der Waals surface area contributed by atoms with E-state index in [4.69, 9.17) is 28.4 Å². The summed E-state index contributed by atoms with van der Waals surface area (Å²) in [5.74, 6) is 2.17. The van der Waals surface area contributed by atoms with Crippen molar-refractivity contribution in [2.45, 2.75) is 6.61 Å². The van der Waals surface area contributed by atoms with Gasteiger partial charge in [-0.05, 0) is 52.4 Å². The summed E-state index contributed by atoms with van der Waals surface area (Å²) in [6.07, 6.45) is 0. The molecule has 0 aromatic heterocycles. The van der Waals surface area contributed by atoms with E-state index in [2.05, 4.69) is 22.6 Å². The van der Waals surface area contributed by atoms with Crippen molar-refractivity contribution in [1.29, 1.82) is 0 Å². The number of hydrogen-bond acceptors (Lipinski definition) is 7. The third kappa shape index (κ3) is 3.59. The lowest BCUT2D eigenvalue weighted by Gasteiger charge is -2.14. The van der Waals surface area contributed by atoms with E-state index in [1.165, 1.54) is 21.3 Å². The Balaban J connectivity index is 1.78. The lowest BCUT2D eigenvalue weighted by Crippen LogP contribution is -2.08. The number of methoxy groups -OCH3 is 3. The zero-order valence-corrected chi connectivity index (χ0v) is 16.6. The van der Waals surface area contributed by atoms with Crippen LogP contribution in [0.4, 0.5) is 0 Å². The fourth-order valence-corrected chi connectivity index (χ4v) is 3.18. The molecule has 0 aliphatic carbocycles. The number of carbonyl (C=O) groups is 1. The molecule has 0 radical (unpaired) electrons. The first kappa shape index (κ1) is 18.4. The molecular formula is C18H17IO7. The van der Waals surface area contributed by atoms with Crippen molar-refractivity contribution in [3.8, 4) is 28.7 Å². The van der Waals surface area contributed by atoms with Crippen LogP contribution in [0.15, 0.2) is 24.3 Å². The summed E-state index contributed by atoms with van der Waals surface area (Å²) in [4.78, 5) is 12.5. The molecule has 2 aromatic rings. The van der Waals surface area contributed by atoms with E-state index >= 15 is 0 Å². The van der Waals surface area contributed by atoms with Crippen LogP contribution in [0.5, 0.6) is 28.7 Å². The van der Waals surface area contributed by atoms with E-state index in [0.717, 1.165) is 3.57 Å². The fraction of sp³-hybridized carbons (Fsp3) is 0.278. The summed E-state index contributed by atoms with van der Waals surface area (Å²) in [7, 11) is 4.59. The highest BCUT2D eigenvalue weighted by molar-refractivity contribution is 14.1. The maximum Gasteiger partial charge on any atom is 0.339 e. The van der Waals surface area contributed by atoms with Crippen molar-refractivity contribution in [3.63, 3.8) is 0 Å². The highest BCUT2D eigenvalue weighted by Crippen LogP contribution is 2.39. The lowest BCUT2D eigenvalue weighted by atomic mass is 10.2. The molecule has 3 rings (SSSR count). The Kier molecular flexibility index (Phi) is 5.60. The van der Waals surface area contributed by atoms with E-state index in [-0.39, 0.29) is 13.4 Å². The molecule has 0 saturated carbocycles. The van der Waals surface area contributed by atoms with Gasteiger partial charge in [0.05, 0.1) is 26.9 Å². The van der Waals surface area contributed by atoms with Gasteiger partial charge in [-0.2, -0.15) is 0 Å². The molecule has 0 N–H and O–H groups in total. The van der Waals surface area contributed by atoms with Gasteiger partial charge >= 0.3 is 5.97 Å².